The summed E-state index contributed by atoms with van der Waals surface area (Å²) in [4.78, 5) is 35.9. The summed E-state index contributed by atoms with van der Waals surface area (Å²) in [7, 11) is 1.29. The lowest BCUT2D eigenvalue weighted by atomic mass is 10.1. The number of esters is 1. The lowest BCUT2D eigenvalue weighted by Crippen LogP contribution is -2.20. The monoisotopic (exact) mass is 364 g/mol. The van der Waals surface area contributed by atoms with Crippen molar-refractivity contribution < 1.29 is 19.1 Å². The van der Waals surface area contributed by atoms with E-state index in [1.807, 2.05) is 25.1 Å². The Balaban J connectivity index is 1.92. The molecule has 0 aliphatic heterocycles. The first-order chi connectivity index (χ1) is 13.1. The van der Waals surface area contributed by atoms with Crippen molar-refractivity contribution in [3.8, 4) is 0 Å². The fourth-order valence-electron chi connectivity index (χ4n) is 3.19. The van der Waals surface area contributed by atoms with E-state index in [1.54, 1.807) is 35.0 Å². The molecule has 0 atom stereocenters. The number of carbonyl (C=O) groups excluding carboxylic acids is 3. The smallest absolute Gasteiger partial charge is 0.339 e. The molecular weight excluding hydrogens is 344 g/mol. The molecule has 138 valence electrons. The number of para-hydroxylation sites is 2. The molecule has 1 heterocycles. The fourth-order valence-corrected chi connectivity index (χ4v) is 3.19. The highest BCUT2D eigenvalue weighted by molar-refractivity contribution is 6.02. The Kier molecular flexibility index (Phi) is 5.35. The lowest BCUT2D eigenvalue weighted by molar-refractivity contribution is -0.116. The minimum atomic E-state index is -0.520. The maximum atomic E-state index is 12.6. The number of fused-ring (bicyclic) bond motifs is 1. The van der Waals surface area contributed by atoms with Gasteiger partial charge in [0.2, 0.25) is 5.91 Å². The molecule has 0 radical (unpaired) electrons. The maximum Gasteiger partial charge on any atom is 0.339 e. The van der Waals surface area contributed by atoms with Gasteiger partial charge in [0.25, 0.3) is 0 Å². The van der Waals surface area contributed by atoms with E-state index >= 15 is 0 Å². The molecule has 1 amide bonds. The molecule has 3 aromatic rings. The first kappa shape index (κ1) is 18.4. The largest absolute Gasteiger partial charge is 0.465 e. The number of ether oxygens (including phenoxy) is 1. The zero-order chi connectivity index (χ0) is 19.4. The topological polar surface area (TPSA) is 77.4 Å². The summed E-state index contributed by atoms with van der Waals surface area (Å²) in [5, 5.41) is 3.58. The zero-order valence-corrected chi connectivity index (χ0v) is 15.2. The fraction of sp³-hybridized carbons (Fsp3) is 0.190. The Morgan fingerprint density at radius 1 is 1.15 bits per heavy atom. The van der Waals surface area contributed by atoms with Crippen LogP contribution in [0.3, 0.4) is 0 Å². The first-order valence-electron chi connectivity index (χ1n) is 8.62. The summed E-state index contributed by atoms with van der Waals surface area (Å²) >= 11 is 0. The van der Waals surface area contributed by atoms with E-state index in [9.17, 15) is 14.4 Å². The van der Waals surface area contributed by atoms with Crippen LogP contribution in [0.2, 0.25) is 0 Å². The van der Waals surface area contributed by atoms with Gasteiger partial charge in [-0.25, -0.2) is 4.79 Å². The van der Waals surface area contributed by atoms with Gasteiger partial charge in [-0.2, -0.15) is 0 Å². The van der Waals surface area contributed by atoms with Crippen LogP contribution in [0.15, 0.2) is 48.7 Å². The highest BCUT2D eigenvalue weighted by Crippen LogP contribution is 2.25. The van der Waals surface area contributed by atoms with Crippen molar-refractivity contribution in [3.63, 3.8) is 0 Å². The van der Waals surface area contributed by atoms with Gasteiger partial charge in [0.1, 0.15) is 6.54 Å². The molecule has 0 fully saturated rings. The van der Waals surface area contributed by atoms with Gasteiger partial charge >= 0.3 is 5.97 Å². The van der Waals surface area contributed by atoms with Crippen molar-refractivity contribution in [2.24, 2.45) is 0 Å². The third-order valence-corrected chi connectivity index (χ3v) is 4.44. The van der Waals surface area contributed by atoms with Gasteiger partial charge in [-0.1, -0.05) is 37.3 Å². The van der Waals surface area contributed by atoms with Gasteiger partial charge in [-0.15, -0.1) is 0 Å². The van der Waals surface area contributed by atoms with E-state index in [-0.39, 0.29) is 18.0 Å². The summed E-state index contributed by atoms with van der Waals surface area (Å²) in [6, 6.07) is 12.4. The van der Waals surface area contributed by atoms with Crippen LogP contribution < -0.4 is 5.32 Å². The number of aromatic nitrogens is 1. The summed E-state index contributed by atoms with van der Waals surface area (Å²) in [6.45, 7) is 2.05. The number of nitrogens with one attached hydrogen (secondary N) is 1. The minimum absolute atomic E-state index is 0.0247. The van der Waals surface area contributed by atoms with Crippen LogP contribution in [0.25, 0.3) is 10.9 Å². The summed E-state index contributed by atoms with van der Waals surface area (Å²) in [5.41, 5.74) is 3.15. The van der Waals surface area contributed by atoms with E-state index < -0.39 is 5.97 Å². The molecule has 6 heteroatoms. The minimum Gasteiger partial charge on any atom is -0.465 e. The van der Waals surface area contributed by atoms with Crippen LogP contribution in [0, 0.1) is 0 Å². The first-order valence-corrected chi connectivity index (χ1v) is 8.62. The Morgan fingerprint density at radius 2 is 1.93 bits per heavy atom. The number of amides is 1. The second kappa shape index (κ2) is 7.86. The van der Waals surface area contributed by atoms with Gasteiger partial charge < -0.3 is 14.6 Å². The van der Waals surface area contributed by atoms with Crippen LogP contribution >= 0.6 is 0 Å². The molecule has 1 N–H and O–H groups in total. The summed E-state index contributed by atoms with van der Waals surface area (Å²) in [5.74, 6) is -0.819. The lowest BCUT2D eigenvalue weighted by Gasteiger charge is -2.11. The molecule has 0 unspecified atom stereocenters. The number of aryl methyl sites for hydroxylation is 1. The number of anilines is 1. The Morgan fingerprint density at radius 3 is 2.63 bits per heavy atom. The third-order valence-electron chi connectivity index (χ3n) is 4.44. The predicted molar refractivity (Wildman–Crippen MR) is 103 cm³/mol. The number of rotatable bonds is 6. The van der Waals surface area contributed by atoms with Crippen molar-refractivity contribution in [3.05, 3.63) is 65.4 Å². The molecule has 0 bridgehead atoms. The Hall–Kier alpha value is -3.41. The number of nitrogens with zero attached hydrogens (tertiary/aromatic N) is 1. The van der Waals surface area contributed by atoms with Crippen LogP contribution in [0.5, 0.6) is 0 Å². The number of hydrogen-bond donors (Lipinski definition) is 1. The average Bonchev–Trinajstić information content (AvgIpc) is 3.05. The highest BCUT2D eigenvalue weighted by atomic mass is 16.5. The van der Waals surface area contributed by atoms with E-state index in [4.69, 9.17) is 4.74 Å². The van der Waals surface area contributed by atoms with Gasteiger partial charge in [-0.05, 0) is 24.1 Å². The van der Waals surface area contributed by atoms with Crippen molar-refractivity contribution in [1.29, 1.82) is 0 Å². The molecule has 0 spiro atoms. The zero-order valence-electron chi connectivity index (χ0n) is 15.2. The highest BCUT2D eigenvalue weighted by Gasteiger charge is 2.16. The number of benzene rings is 2. The van der Waals surface area contributed by atoms with E-state index in [2.05, 4.69) is 5.32 Å². The molecule has 27 heavy (non-hydrogen) atoms. The summed E-state index contributed by atoms with van der Waals surface area (Å²) in [6.07, 6.45) is 3.26. The van der Waals surface area contributed by atoms with Crippen molar-refractivity contribution >= 4 is 34.8 Å². The molecule has 0 aliphatic carbocycles. The van der Waals surface area contributed by atoms with Gasteiger partial charge in [-0.3, -0.25) is 9.59 Å². The van der Waals surface area contributed by atoms with E-state index in [0.29, 0.717) is 11.3 Å². The average molecular weight is 364 g/mol. The Labute approximate surface area is 156 Å². The van der Waals surface area contributed by atoms with Crippen LogP contribution in [-0.4, -0.2) is 29.8 Å². The van der Waals surface area contributed by atoms with E-state index in [1.165, 1.54) is 7.11 Å². The molecule has 0 aliphatic rings. The molecule has 2 aromatic carbocycles. The van der Waals surface area contributed by atoms with Crippen molar-refractivity contribution in [2.45, 2.75) is 19.9 Å². The van der Waals surface area contributed by atoms with Crippen LogP contribution in [0.4, 0.5) is 5.69 Å². The van der Waals surface area contributed by atoms with Gasteiger partial charge in [0.05, 0.1) is 23.9 Å². The van der Waals surface area contributed by atoms with Gasteiger partial charge in [0, 0.05) is 17.1 Å². The Bertz CT molecular complexity index is 1020. The molecule has 1 aromatic heterocycles. The molecule has 0 saturated carbocycles. The van der Waals surface area contributed by atoms with Crippen LogP contribution in [-0.2, 0) is 22.5 Å². The number of carbonyl (C=O) groups is 3. The molecule has 6 nitrogen and oxygen atoms in total. The van der Waals surface area contributed by atoms with Gasteiger partial charge in [0.15, 0.2) is 6.29 Å². The second-order valence-electron chi connectivity index (χ2n) is 6.08. The predicted octanol–water partition coefficient (Wildman–Crippen LogP) is 3.44. The summed E-state index contributed by atoms with van der Waals surface area (Å²) < 4.78 is 6.52. The van der Waals surface area contributed by atoms with Crippen molar-refractivity contribution in [2.75, 3.05) is 12.4 Å². The molecular formula is C21H20N2O4. The van der Waals surface area contributed by atoms with E-state index in [0.717, 1.165) is 29.2 Å². The maximum absolute atomic E-state index is 12.6. The van der Waals surface area contributed by atoms with Crippen molar-refractivity contribution in [1.82, 2.24) is 4.57 Å². The molecule has 3 rings (SSSR count). The third kappa shape index (κ3) is 3.60. The normalized spacial score (nSPS) is 10.6. The quantitative estimate of drug-likeness (QED) is 0.537. The number of aldehydes is 1. The second-order valence-corrected chi connectivity index (χ2v) is 6.08. The standard InChI is InChI=1S/C21H20N2O4/c1-3-14-7-6-9-16-15(13-24)11-23(20(14)16)12-19(25)22-18-10-5-4-8-17(18)21(26)27-2/h4-11,13H,3,12H2,1-2H3,(H,22,25). The van der Waals surface area contributed by atoms with Crippen LogP contribution in [0.1, 0.15) is 33.2 Å². The molecule has 0 saturated heterocycles. The number of methoxy groups -OCH3 is 1. The number of hydrogen-bond acceptors (Lipinski definition) is 4. The SMILES string of the molecule is CCc1cccc2c(C=O)cn(CC(=O)Nc3ccccc3C(=O)OC)c12.